The van der Waals surface area contributed by atoms with Gasteiger partial charge in [-0.1, -0.05) is 18.2 Å². The fourth-order valence-electron chi connectivity index (χ4n) is 2.71. The van der Waals surface area contributed by atoms with Gasteiger partial charge in [0.1, 0.15) is 5.60 Å². The third-order valence-electron chi connectivity index (χ3n) is 3.92. The average molecular weight is 277 g/mol. The highest BCUT2D eigenvalue weighted by Gasteiger charge is 2.70. The van der Waals surface area contributed by atoms with Gasteiger partial charge in [-0.3, -0.25) is 0 Å². The number of anilines is 1. The highest BCUT2D eigenvalue weighted by molar-refractivity contribution is 5.93. The molecule has 2 atom stereocenters. The third-order valence-corrected chi connectivity index (χ3v) is 3.92. The van der Waals surface area contributed by atoms with E-state index in [1.54, 1.807) is 0 Å². The molecular formula is C15H19NO4. The first-order chi connectivity index (χ1) is 9.19. The van der Waals surface area contributed by atoms with E-state index < -0.39 is 23.0 Å². The van der Waals surface area contributed by atoms with Crippen molar-refractivity contribution in [3.8, 4) is 0 Å². The van der Waals surface area contributed by atoms with Crippen molar-refractivity contribution in [1.29, 1.82) is 0 Å². The molecule has 2 aliphatic heterocycles. The van der Waals surface area contributed by atoms with Crippen molar-refractivity contribution in [1.82, 2.24) is 0 Å². The first kappa shape index (κ1) is 13.4. The summed E-state index contributed by atoms with van der Waals surface area (Å²) in [6, 6.07) is 7.62. The molecule has 20 heavy (non-hydrogen) atoms. The number of benzene rings is 1. The lowest BCUT2D eigenvalue weighted by Crippen LogP contribution is -2.67. The Morgan fingerprint density at radius 2 is 1.85 bits per heavy atom. The summed E-state index contributed by atoms with van der Waals surface area (Å²) >= 11 is 0. The largest absolute Gasteiger partial charge is 0.443 e. The van der Waals surface area contributed by atoms with Gasteiger partial charge < -0.3 is 4.74 Å². The number of carbonyl (C=O) groups excluding carboxylic acids is 1. The summed E-state index contributed by atoms with van der Waals surface area (Å²) in [4.78, 5) is 24.7. The lowest BCUT2D eigenvalue weighted by Gasteiger charge is -2.50. The summed E-state index contributed by atoms with van der Waals surface area (Å²) in [5.41, 5.74) is -0.408. The van der Waals surface area contributed by atoms with E-state index in [4.69, 9.17) is 14.5 Å². The number of amides is 1. The molecule has 1 aromatic rings. The number of hydrogen-bond donors (Lipinski definition) is 0. The Balaban J connectivity index is 2.05. The lowest BCUT2D eigenvalue weighted by molar-refractivity contribution is -0.546. The Bertz CT molecular complexity index is 579. The van der Waals surface area contributed by atoms with Crippen LogP contribution in [0, 0.1) is 0 Å². The van der Waals surface area contributed by atoms with Crippen LogP contribution in [0.15, 0.2) is 24.3 Å². The molecule has 0 aliphatic carbocycles. The first-order valence-electron chi connectivity index (χ1n) is 6.69. The predicted molar refractivity (Wildman–Crippen MR) is 73.1 cm³/mol. The Morgan fingerprint density at radius 3 is 2.40 bits per heavy atom. The normalized spacial score (nSPS) is 31.4. The standard InChI is InChI=1S/C15H19NO4/c1-13(2,3)18-12(17)16-11-9-7-6-8-10(11)14(4)15(16,5)20-19-14/h6-9H,1-5H3. The zero-order valence-electron chi connectivity index (χ0n) is 12.4. The summed E-state index contributed by atoms with van der Waals surface area (Å²) in [5.74, 6) is 0. The second-order valence-electron chi connectivity index (χ2n) is 6.52. The van der Waals surface area contributed by atoms with E-state index in [1.807, 2.05) is 58.9 Å². The smallest absolute Gasteiger partial charge is 0.417 e. The quantitative estimate of drug-likeness (QED) is 0.682. The van der Waals surface area contributed by atoms with Crippen molar-refractivity contribution in [3.05, 3.63) is 29.8 Å². The lowest BCUT2D eigenvalue weighted by atomic mass is 9.88. The highest BCUT2D eigenvalue weighted by Crippen LogP contribution is 2.59. The van der Waals surface area contributed by atoms with Gasteiger partial charge >= 0.3 is 6.09 Å². The number of rotatable bonds is 0. The zero-order chi connectivity index (χ0) is 14.8. The van der Waals surface area contributed by atoms with Gasteiger partial charge in [0.2, 0.25) is 5.72 Å². The van der Waals surface area contributed by atoms with Gasteiger partial charge in [0, 0.05) is 5.56 Å². The van der Waals surface area contributed by atoms with Crippen molar-refractivity contribution in [2.45, 2.75) is 51.5 Å². The molecule has 2 aliphatic rings. The fraction of sp³-hybridized carbons (Fsp3) is 0.533. The van der Waals surface area contributed by atoms with Crippen molar-refractivity contribution in [2.75, 3.05) is 4.90 Å². The van der Waals surface area contributed by atoms with Crippen LogP contribution in [0.25, 0.3) is 0 Å². The van der Waals surface area contributed by atoms with Crippen LogP contribution in [-0.2, 0) is 20.1 Å². The SMILES string of the molecule is CC(C)(C)OC(=O)N1c2ccccc2C2(C)OOC12C. The van der Waals surface area contributed by atoms with Crippen molar-refractivity contribution in [2.24, 2.45) is 0 Å². The summed E-state index contributed by atoms with van der Waals surface area (Å²) < 4.78 is 5.49. The second kappa shape index (κ2) is 3.74. The second-order valence-corrected chi connectivity index (χ2v) is 6.52. The van der Waals surface area contributed by atoms with Gasteiger partial charge in [-0.15, -0.1) is 0 Å². The molecule has 0 saturated carbocycles. The van der Waals surface area contributed by atoms with Crippen LogP contribution in [0.5, 0.6) is 0 Å². The molecular weight excluding hydrogens is 258 g/mol. The Hall–Kier alpha value is -1.59. The van der Waals surface area contributed by atoms with Crippen LogP contribution in [0.2, 0.25) is 0 Å². The van der Waals surface area contributed by atoms with Crippen molar-refractivity contribution >= 4 is 11.8 Å². The molecule has 2 heterocycles. The number of hydrogen-bond acceptors (Lipinski definition) is 4. The first-order valence-corrected chi connectivity index (χ1v) is 6.69. The van der Waals surface area contributed by atoms with Crippen molar-refractivity contribution < 1.29 is 19.3 Å². The van der Waals surface area contributed by atoms with E-state index >= 15 is 0 Å². The van der Waals surface area contributed by atoms with Gasteiger partial charge in [0.15, 0.2) is 5.60 Å². The molecule has 1 saturated heterocycles. The maximum Gasteiger partial charge on any atom is 0.417 e. The van der Waals surface area contributed by atoms with E-state index in [0.29, 0.717) is 0 Å². The number of fused-ring (bicyclic) bond motifs is 3. The van der Waals surface area contributed by atoms with Gasteiger partial charge in [-0.2, -0.15) is 0 Å². The Kier molecular flexibility index (Phi) is 2.50. The van der Waals surface area contributed by atoms with E-state index in [0.717, 1.165) is 11.3 Å². The van der Waals surface area contributed by atoms with E-state index in [1.165, 1.54) is 4.90 Å². The van der Waals surface area contributed by atoms with Gasteiger partial charge in [0.05, 0.1) is 5.69 Å². The van der Waals surface area contributed by atoms with Crippen LogP contribution in [0.4, 0.5) is 10.5 Å². The molecule has 2 unspecified atom stereocenters. The van der Waals surface area contributed by atoms with Crippen LogP contribution >= 0.6 is 0 Å². The molecule has 5 heteroatoms. The van der Waals surface area contributed by atoms with Crippen LogP contribution in [-0.4, -0.2) is 17.4 Å². The molecule has 0 radical (unpaired) electrons. The number of nitrogens with zero attached hydrogens (tertiary/aromatic N) is 1. The summed E-state index contributed by atoms with van der Waals surface area (Å²) in [5, 5.41) is 0. The Morgan fingerprint density at radius 1 is 1.20 bits per heavy atom. The number of ether oxygens (including phenoxy) is 1. The predicted octanol–water partition coefficient (Wildman–Crippen LogP) is 3.33. The maximum absolute atomic E-state index is 12.5. The molecule has 0 spiro atoms. The summed E-state index contributed by atoms with van der Waals surface area (Å²) in [7, 11) is 0. The highest BCUT2D eigenvalue weighted by atomic mass is 17.3. The molecule has 1 amide bonds. The molecule has 5 nitrogen and oxygen atoms in total. The molecule has 0 bridgehead atoms. The van der Waals surface area contributed by atoms with Crippen LogP contribution in [0.1, 0.15) is 40.2 Å². The molecule has 0 aromatic heterocycles. The van der Waals surface area contributed by atoms with E-state index in [2.05, 4.69) is 0 Å². The van der Waals surface area contributed by atoms with Gasteiger partial charge in [0.25, 0.3) is 0 Å². The summed E-state index contributed by atoms with van der Waals surface area (Å²) in [6.07, 6.45) is -0.431. The Labute approximate surface area is 118 Å². The van der Waals surface area contributed by atoms with Gasteiger partial charge in [-0.05, 0) is 40.7 Å². The van der Waals surface area contributed by atoms with E-state index in [9.17, 15) is 4.79 Å². The molecule has 0 N–H and O–H groups in total. The minimum atomic E-state index is -0.876. The fourth-order valence-corrected chi connectivity index (χ4v) is 2.71. The monoisotopic (exact) mass is 277 g/mol. The van der Waals surface area contributed by atoms with Crippen molar-refractivity contribution in [3.63, 3.8) is 0 Å². The van der Waals surface area contributed by atoms with Crippen LogP contribution < -0.4 is 4.90 Å². The molecule has 1 fully saturated rings. The zero-order valence-corrected chi connectivity index (χ0v) is 12.4. The minimum Gasteiger partial charge on any atom is -0.443 e. The van der Waals surface area contributed by atoms with Gasteiger partial charge in [-0.25, -0.2) is 19.5 Å². The number of para-hydroxylation sites is 1. The number of carbonyl (C=O) groups is 1. The molecule has 108 valence electrons. The third kappa shape index (κ3) is 1.53. The topological polar surface area (TPSA) is 48.0 Å². The van der Waals surface area contributed by atoms with Crippen LogP contribution in [0.3, 0.4) is 0 Å². The molecule has 3 rings (SSSR count). The summed E-state index contributed by atoms with van der Waals surface area (Å²) in [6.45, 7) is 9.27. The average Bonchev–Trinajstić information content (AvgIpc) is 2.46. The minimum absolute atomic E-state index is 0.431. The van der Waals surface area contributed by atoms with E-state index in [-0.39, 0.29) is 0 Å². The maximum atomic E-state index is 12.5. The molecule has 1 aromatic carbocycles.